The van der Waals surface area contributed by atoms with E-state index in [0.29, 0.717) is 11.3 Å². The van der Waals surface area contributed by atoms with Crippen LogP contribution in [0.15, 0.2) is 24.3 Å². The van der Waals surface area contributed by atoms with Crippen molar-refractivity contribution < 1.29 is 14.4 Å². The molecule has 122 valence electrons. The van der Waals surface area contributed by atoms with Gasteiger partial charge in [0, 0.05) is 17.6 Å². The third kappa shape index (κ3) is 2.20. The second kappa shape index (κ2) is 5.37. The number of fused-ring (bicyclic) bond motifs is 3. The topological polar surface area (TPSA) is 60.9 Å². The molecule has 4 amide bonds. The second-order valence-electron chi connectivity index (χ2n) is 6.52. The number of urea groups is 2. The average molecular weight is 315 g/mol. The minimum Gasteiger partial charge on any atom is -0.300 e. The SMILES string of the molecule is CC(C)N1C(=O)N2c3ccccc3C(=O)CC2N(C(C)C)C1=O. The smallest absolute Gasteiger partial charge is 0.300 e. The van der Waals surface area contributed by atoms with E-state index in [1.54, 1.807) is 34.1 Å². The van der Waals surface area contributed by atoms with E-state index in [4.69, 9.17) is 0 Å². The van der Waals surface area contributed by atoms with E-state index in [1.165, 1.54) is 4.90 Å². The van der Waals surface area contributed by atoms with Gasteiger partial charge in [0.1, 0.15) is 6.17 Å². The third-order valence-corrected chi connectivity index (χ3v) is 4.36. The molecule has 1 saturated heterocycles. The fraction of sp³-hybridized carbons (Fsp3) is 0.471. The zero-order valence-electron chi connectivity index (χ0n) is 13.8. The van der Waals surface area contributed by atoms with Crippen molar-refractivity contribution in [3.63, 3.8) is 0 Å². The first kappa shape index (κ1) is 15.5. The van der Waals surface area contributed by atoms with E-state index in [-0.39, 0.29) is 36.3 Å². The van der Waals surface area contributed by atoms with Gasteiger partial charge in [-0.05, 0) is 39.8 Å². The van der Waals surface area contributed by atoms with Gasteiger partial charge < -0.3 is 4.90 Å². The minimum absolute atomic E-state index is 0.0360. The van der Waals surface area contributed by atoms with Crippen LogP contribution in [0.3, 0.4) is 0 Å². The summed E-state index contributed by atoms with van der Waals surface area (Å²) >= 11 is 0. The highest BCUT2D eigenvalue weighted by Crippen LogP contribution is 2.37. The van der Waals surface area contributed by atoms with Gasteiger partial charge in [0.2, 0.25) is 0 Å². The molecule has 0 saturated carbocycles. The van der Waals surface area contributed by atoms with Gasteiger partial charge in [-0.3, -0.25) is 9.69 Å². The van der Waals surface area contributed by atoms with Gasteiger partial charge in [-0.2, -0.15) is 0 Å². The van der Waals surface area contributed by atoms with Crippen molar-refractivity contribution in [1.82, 2.24) is 9.80 Å². The van der Waals surface area contributed by atoms with Crippen molar-refractivity contribution in [1.29, 1.82) is 0 Å². The number of amides is 4. The molecule has 0 aliphatic carbocycles. The van der Waals surface area contributed by atoms with E-state index in [0.717, 1.165) is 0 Å². The molecule has 1 aromatic carbocycles. The first-order valence-electron chi connectivity index (χ1n) is 7.91. The van der Waals surface area contributed by atoms with Crippen LogP contribution in [0.2, 0.25) is 0 Å². The molecule has 0 aromatic heterocycles. The van der Waals surface area contributed by atoms with Crippen molar-refractivity contribution in [3.8, 4) is 0 Å². The van der Waals surface area contributed by atoms with Gasteiger partial charge in [-0.15, -0.1) is 0 Å². The maximum Gasteiger partial charge on any atom is 0.334 e. The third-order valence-electron chi connectivity index (χ3n) is 4.36. The summed E-state index contributed by atoms with van der Waals surface area (Å²) in [5.74, 6) is -0.0360. The molecule has 1 fully saturated rings. The number of anilines is 1. The van der Waals surface area contributed by atoms with E-state index >= 15 is 0 Å². The number of benzene rings is 1. The number of carbonyl (C=O) groups is 3. The molecule has 1 aromatic rings. The number of carbonyl (C=O) groups excluding carboxylic acids is 3. The van der Waals surface area contributed by atoms with Crippen LogP contribution < -0.4 is 4.90 Å². The van der Waals surface area contributed by atoms with E-state index in [2.05, 4.69) is 0 Å². The lowest BCUT2D eigenvalue weighted by Gasteiger charge is -2.51. The van der Waals surface area contributed by atoms with Crippen LogP contribution in [0, 0.1) is 0 Å². The Morgan fingerprint density at radius 3 is 2.22 bits per heavy atom. The molecule has 2 aliphatic rings. The Labute approximate surface area is 135 Å². The van der Waals surface area contributed by atoms with Crippen LogP contribution in [0.1, 0.15) is 44.5 Å². The lowest BCUT2D eigenvalue weighted by Crippen LogP contribution is -2.70. The number of Topliss-reactive ketones (excluding diaryl/α,β-unsaturated/α-hetero) is 1. The molecule has 1 atom stereocenters. The zero-order chi connectivity index (χ0) is 16.9. The van der Waals surface area contributed by atoms with Crippen LogP contribution in [-0.4, -0.2) is 45.9 Å². The normalized spacial score (nSPS) is 21.2. The summed E-state index contributed by atoms with van der Waals surface area (Å²) in [7, 11) is 0. The van der Waals surface area contributed by atoms with Gasteiger partial charge in [-0.25, -0.2) is 14.5 Å². The van der Waals surface area contributed by atoms with Crippen molar-refractivity contribution in [2.75, 3.05) is 4.90 Å². The van der Waals surface area contributed by atoms with E-state index in [1.807, 2.05) is 27.7 Å². The van der Waals surface area contributed by atoms with Crippen molar-refractivity contribution in [2.24, 2.45) is 0 Å². The van der Waals surface area contributed by atoms with Gasteiger partial charge in [0.25, 0.3) is 0 Å². The number of imide groups is 1. The molecule has 23 heavy (non-hydrogen) atoms. The molecule has 2 aliphatic heterocycles. The van der Waals surface area contributed by atoms with E-state index < -0.39 is 6.17 Å². The Morgan fingerprint density at radius 1 is 0.957 bits per heavy atom. The molecule has 0 bridgehead atoms. The fourth-order valence-corrected chi connectivity index (χ4v) is 3.36. The van der Waals surface area contributed by atoms with Crippen LogP contribution in [0.5, 0.6) is 0 Å². The lowest BCUT2D eigenvalue weighted by atomic mass is 9.96. The Morgan fingerprint density at radius 2 is 1.61 bits per heavy atom. The number of rotatable bonds is 2. The second-order valence-corrected chi connectivity index (χ2v) is 6.52. The van der Waals surface area contributed by atoms with Crippen LogP contribution in [-0.2, 0) is 0 Å². The molecule has 2 heterocycles. The van der Waals surface area contributed by atoms with Gasteiger partial charge >= 0.3 is 12.1 Å². The molecule has 0 radical (unpaired) electrons. The Balaban J connectivity index is 2.17. The molecule has 6 heteroatoms. The number of nitrogens with zero attached hydrogens (tertiary/aromatic N) is 3. The molecule has 6 nitrogen and oxygen atoms in total. The summed E-state index contributed by atoms with van der Waals surface area (Å²) in [5, 5.41) is 0. The van der Waals surface area contributed by atoms with Crippen LogP contribution in [0.25, 0.3) is 0 Å². The summed E-state index contributed by atoms with van der Waals surface area (Å²) in [5.41, 5.74) is 1.13. The first-order chi connectivity index (χ1) is 10.8. The maximum absolute atomic E-state index is 12.9. The number of para-hydroxylation sites is 1. The average Bonchev–Trinajstić information content (AvgIpc) is 2.46. The number of hydrogen-bond acceptors (Lipinski definition) is 3. The van der Waals surface area contributed by atoms with Gasteiger partial charge in [-0.1, -0.05) is 12.1 Å². The van der Waals surface area contributed by atoms with Gasteiger partial charge in [0.15, 0.2) is 5.78 Å². The largest absolute Gasteiger partial charge is 0.334 e. The van der Waals surface area contributed by atoms with Crippen LogP contribution in [0.4, 0.5) is 15.3 Å². The molecule has 3 rings (SSSR count). The maximum atomic E-state index is 12.9. The summed E-state index contributed by atoms with van der Waals surface area (Å²) < 4.78 is 0. The summed E-state index contributed by atoms with van der Waals surface area (Å²) in [6.45, 7) is 7.43. The van der Waals surface area contributed by atoms with Crippen molar-refractivity contribution in [3.05, 3.63) is 29.8 Å². The highest BCUT2D eigenvalue weighted by atomic mass is 16.2. The molecule has 0 N–H and O–H groups in total. The Bertz CT molecular complexity index is 683. The number of ketones is 1. The standard InChI is InChI=1S/C17H21N3O3/c1-10(2)18-15-9-14(21)12-7-5-6-8-13(12)20(15)17(23)19(11(3)4)16(18)22/h5-8,10-11,15H,9H2,1-4H3. The predicted molar refractivity (Wildman–Crippen MR) is 86.4 cm³/mol. The van der Waals surface area contributed by atoms with Gasteiger partial charge in [0.05, 0.1) is 12.1 Å². The molecular weight excluding hydrogens is 294 g/mol. The monoisotopic (exact) mass is 315 g/mol. The molecular formula is C17H21N3O3. The molecule has 0 spiro atoms. The highest BCUT2D eigenvalue weighted by Gasteiger charge is 2.50. The summed E-state index contributed by atoms with van der Waals surface area (Å²) in [6.07, 6.45) is -0.411. The van der Waals surface area contributed by atoms with Crippen molar-refractivity contribution >= 4 is 23.5 Å². The molecule has 1 unspecified atom stereocenters. The fourth-order valence-electron chi connectivity index (χ4n) is 3.36. The number of hydrogen-bond donors (Lipinski definition) is 0. The minimum atomic E-state index is -0.549. The first-order valence-corrected chi connectivity index (χ1v) is 7.91. The quantitative estimate of drug-likeness (QED) is 0.842. The summed E-state index contributed by atoms with van der Waals surface area (Å²) in [6, 6.07) is 6.06. The summed E-state index contributed by atoms with van der Waals surface area (Å²) in [4.78, 5) is 42.7. The lowest BCUT2D eigenvalue weighted by molar-refractivity contribution is 0.0761. The zero-order valence-corrected chi connectivity index (χ0v) is 13.8. The van der Waals surface area contributed by atoms with Crippen molar-refractivity contribution in [2.45, 2.75) is 52.4 Å². The Kier molecular flexibility index (Phi) is 3.62. The van der Waals surface area contributed by atoms with Crippen LogP contribution >= 0.6 is 0 Å². The Hall–Kier alpha value is -2.37. The predicted octanol–water partition coefficient (Wildman–Crippen LogP) is 3.08. The van der Waals surface area contributed by atoms with E-state index in [9.17, 15) is 14.4 Å². The highest BCUT2D eigenvalue weighted by molar-refractivity contribution is 6.13.